The highest BCUT2D eigenvalue weighted by Crippen LogP contribution is 2.62. The number of nitrogens with zero attached hydrogens (tertiary/aromatic N) is 1. The summed E-state index contributed by atoms with van der Waals surface area (Å²) in [6, 6.07) is 0. The van der Waals surface area contributed by atoms with Gasteiger partial charge in [0.15, 0.2) is 0 Å². The fraction of sp³-hybridized carbons (Fsp3) is 0.938. The van der Waals surface area contributed by atoms with Crippen molar-refractivity contribution < 1.29 is 9.53 Å². The van der Waals surface area contributed by atoms with Crippen LogP contribution in [0, 0.1) is 23.2 Å². The molecule has 1 amide bonds. The first kappa shape index (κ1) is 15.6. The van der Waals surface area contributed by atoms with E-state index < -0.39 is 5.60 Å². The predicted molar refractivity (Wildman–Crippen MR) is 80.3 cm³/mol. The monoisotopic (exact) mass is 282 g/mol. The largest absolute Gasteiger partial charge is 0.444 e. The second-order valence-electron chi connectivity index (χ2n) is 8.02. The zero-order valence-corrected chi connectivity index (χ0v) is 13.6. The highest BCUT2D eigenvalue weighted by molar-refractivity contribution is 5.68. The Bertz CT molecular complexity index is 373. The van der Waals surface area contributed by atoms with Crippen molar-refractivity contribution >= 4 is 6.09 Å². The molecule has 2 fully saturated rings. The lowest BCUT2D eigenvalue weighted by Crippen LogP contribution is -2.43. The van der Waals surface area contributed by atoms with E-state index in [0.29, 0.717) is 23.2 Å². The van der Waals surface area contributed by atoms with Crippen LogP contribution in [0.25, 0.3) is 0 Å². The number of hydrogen-bond acceptors (Lipinski definition) is 3. The van der Waals surface area contributed by atoms with Crippen LogP contribution in [-0.4, -0.2) is 36.2 Å². The number of carbonyl (C=O) groups is 1. The molecule has 116 valence electrons. The predicted octanol–water partition coefficient (Wildman–Crippen LogP) is 2.86. The van der Waals surface area contributed by atoms with Crippen LogP contribution in [0.4, 0.5) is 4.79 Å². The molecule has 1 aliphatic heterocycles. The molecule has 1 heterocycles. The normalized spacial score (nSPS) is 32.9. The quantitative estimate of drug-likeness (QED) is 0.847. The van der Waals surface area contributed by atoms with Crippen LogP contribution in [0.2, 0.25) is 0 Å². The number of hydrogen-bond donors (Lipinski definition) is 1. The number of carbonyl (C=O) groups excluding carboxylic acids is 1. The van der Waals surface area contributed by atoms with E-state index in [4.69, 9.17) is 10.5 Å². The Kier molecular flexibility index (Phi) is 4.07. The van der Waals surface area contributed by atoms with Crippen molar-refractivity contribution in [1.29, 1.82) is 0 Å². The lowest BCUT2D eigenvalue weighted by molar-refractivity contribution is 0.0145. The third-order valence-corrected chi connectivity index (χ3v) is 5.01. The highest BCUT2D eigenvalue weighted by Gasteiger charge is 2.59. The first-order valence-corrected chi connectivity index (χ1v) is 7.85. The molecule has 0 aromatic carbocycles. The number of piperidine rings is 1. The first-order chi connectivity index (χ1) is 9.16. The third kappa shape index (κ3) is 3.11. The molecule has 2 N–H and O–H groups in total. The Labute approximate surface area is 123 Å². The molecule has 20 heavy (non-hydrogen) atoms. The summed E-state index contributed by atoms with van der Waals surface area (Å²) >= 11 is 0. The van der Waals surface area contributed by atoms with Gasteiger partial charge < -0.3 is 15.4 Å². The van der Waals surface area contributed by atoms with Crippen LogP contribution < -0.4 is 5.73 Å². The van der Waals surface area contributed by atoms with Gasteiger partial charge in [-0.3, -0.25) is 0 Å². The van der Waals surface area contributed by atoms with E-state index in [1.165, 1.54) is 6.42 Å². The van der Waals surface area contributed by atoms with Crippen molar-refractivity contribution in [3.8, 4) is 0 Å². The summed E-state index contributed by atoms with van der Waals surface area (Å²) in [5.74, 6) is 1.86. The molecule has 1 saturated heterocycles. The minimum atomic E-state index is -0.414. The van der Waals surface area contributed by atoms with E-state index in [-0.39, 0.29) is 6.09 Å². The second kappa shape index (κ2) is 5.21. The van der Waals surface area contributed by atoms with Gasteiger partial charge in [-0.05, 0) is 63.3 Å². The van der Waals surface area contributed by atoms with Crippen molar-refractivity contribution in [2.75, 3.05) is 19.6 Å². The molecular formula is C16H30N2O2. The number of likely N-dealkylation sites (tertiary alicyclic amines) is 1. The summed E-state index contributed by atoms with van der Waals surface area (Å²) in [4.78, 5) is 14.1. The van der Waals surface area contributed by atoms with Crippen LogP contribution in [0.1, 0.15) is 47.5 Å². The van der Waals surface area contributed by atoms with Gasteiger partial charge in [-0.1, -0.05) is 13.8 Å². The minimum absolute atomic E-state index is 0.162. The SMILES string of the molecule is CC(C)(C)OC(=O)N1CCCC([C@@H]2[C@@H](CN)C2(C)C)C1. The molecule has 0 spiro atoms. The average molecular weight is 282 g/mol. The topological polar surface area (TPSA) is 55.6 Å². The van der Waals surface area contributed by atoms with E-state index >= 15 is 0 Å². The maximum atomic E-state index is 12.2. The maximum absolute atomic E-state index is 12.2. The molecule has 3 atom stereocenters. The van der Waals surface area contributed by atoms with Crippen LogP contribution >= 0.6 is 0 Å². The summed E-state index contributed by atoms with van der Waals surface area (Å²) in [5, 5.41) is 0. The minimum Gasteiger partial charge on any atom is -0.444 e. The summed E-state index contributed by atoms with van der Waals surface area (Å²) < 4.78 is 5.49. The number of ether oxygens (including phenoxy) is 1. The maximum Gasteiger partial charge on any atom is 0.410 e. The summed E-state index contributed by atoms with van der Waals surface area (Å²) in [6.07, 6.45) is 2.13. The van der Waals surface area contributed by atoms with Crippen LogP contribution in [0.5, 0.6) is 0 Å². The molecule has 2 rings (SSSR count). The molecular weight excluding hydrogens is 252 g/mol. The number of amides is 1. The van der Waals surface area contributed by atoms with Gasteiger partial charge in [-0.2, -0.15) is 0 Å². The average Bonchev–Trinajstić information content (AvgIpc) is 2.89. The Morgan fingerprint density at radius 3 is 2.55 bits per heavy atom. The molecule has 1 saturated carbocycles. The summed E-state index contributed by atoms with van der Waals surface area (Å²) in [7, 11) is 0. The Morgan fingerprint density at radius 1 is 1.40 bits per heavy atom. The molecule has 2 aliphatic rings. The van der Waals surface area contributed by atoms with Gasteiger partial charge in [0.1, 0.15) is 5.60 Å². The zero-order chi connectivity index (χ0) is 15.1. The van der Waals surface area contributed by atoms with Crippen molar-refractivity contribution in [1.82, 2.24) is 4.90 Å². The van der Waals surface area contributed by atoms with E-state index in [1.807, 2.05) is 25.7 Å². The first-order valence-electron chi connectivity index (χ1n) is 7.85. The molecule has 1 unspecified atom stereocenters. The fourth-order valence-electron chi connectivity index (χ4n) is 3.97. The third-order valence-electron chi connectivity index (χ3n) is 5.01. The number of rotatable bonds is 2. The van der Waals surface area contributed by atoms with Crippen molar-refractivity contribution in [3.05, 3.63) is 0 Å². The molecule has 4 heteroatoms. The smallest absolute Gasteiger partial charge is 0.410 e. The Morgan fingerprint density at radius 2 is 2.05 bits per heavy atom. The molecule has 0 radical (unpaired) electrons. The van der Waals surface area contributed by atoms with Gasteiger partial charge >= 0.3 is 6.09 Å². The van der Waals surface area contributed by atoms with Gasteiger partial charge in [0, 0.05) is 13.1 Å². The van der Waals surface area contributed by atoms with Crippen LogP contribution in [-0.2, 0) is 4.74 Å². The summed E-state index contributed by atoms with van der Waals surface area (Å²) in [6.45, 7) is 12.8. The van der Waals surface area contributed by atoms with Crippen molar-refractivity contribution in [2.24, 2.45) is 28.9 Å². The van der Waals surface area contributed by atoms with E-state index in [2.05, 4.69) is 13.8 Å². The van der Waals surface area contributed by atoms with Crippen molar-refractivity contribution in [3.63, 3.8) is 0 Å². The lowest BCUT2D eigenvalue weighted by atomic mass is 9.89. The van der Waals surface area contributed by atoms with Gasteiger partial charge in [0.05, 0.1) is 0 Å². The van der Waals surface area contributed by atoms with Crippen LogP contribution in [0.3, 0.4) is 0 Å². The highest BCUT2D eigenvalue weighted by atomic mass is 16.6. The van der Waals surface area contributed by atoms with E-state index in [9.17, 15) is 4.79 Å². The van der Waals surface area contributed by atoms with Crippen LogP contribution in [0.15, 0.2) is 0 Å². The van der Waals surface area contributed by atoms with Gasteiger partial charge in [-0.25, -0.2) is 4.79 Å². The molecule has 4 nitrogen and oxygen atoms in total. The molecule has 0 bridgehead atoms. The lowest BCUT2D eigenvalue weighted by Gasteiger charge is -2.35. The van der Waals surface area contributed by atoms with E-state index in [1.54, 1.807) is 0 Å². The molecule has 1 aliphatic carbocycles. The van der Waals surface area contributed by atoms with E-state index in [0.717, 1.165) is 26.1 Å². The molecule has 0 aromatic heterocycles. The Balaban J connectivity index is 1.95. The van der Waals surface area contributed by atoms with Gasteiger partial charge in [0.2, 0.25) is 0 Å². The zero-order valence-electron chi connectivity index (χ0n) is 13.6. The van der Waals surface area contributed by atoms with Gasteiger partial charge in [-0.15, -0.1) is 0 Å². The molecule has 0 aromatic rings. The standard InChI is InChI=1S/C16H30N2O2/c1-15(2,3)20-14(19)18-8-6-7-11(10-18)13-12(9-17)16(13,4)5/h11-13H,6-10,17H2,1-5H3/t11?,12-,13-/m1/s1. The summed E-state index contributed by atoms with van der Waals surface area (Å²) in [5.41, 5.74) is 5.81. The fourth-order valence-corrected chi connectivity index (χ4v) is 3.97. The van der Waals surface area contributed by atoms with Crippen molar-refractivity contribution in [2.45, 2.75) is 53.1 Å². The Hall–Kier alpha value is -0.770. The van der Waals surface area contributed by atoms with Gasteiger partial charge in [0.25, 0.3) is 0 Å². The second-order valence-corrected chi connectivity index (χ2v) is 8.02. The number of nitrogens with two attached hydrogens (primary N) is 1.